The number of nitrogens with one attached hydrogen (secondary N) is 2. The fourth-order valence-corrected chi connectivity index (χ4v) is 3.04. The minimum Gasteiger partial charge on any atom is -0.324 e. The van der Waals surface area contributed by atoms with Crippen molar-refractivity contribution in [1.29, 1.82) is 0 Å². The number of carbonyl (C=O) groups is 1. The number of anilines is 1. The van der Waals surface area contributed by atoms with Gasteiger partial charge in [-0.15, -0.1) is 0 Å². The molecule has 0 spiro atoms. The molecule has 1 amide bonds. The van der Waals surface area contributed by atoms with E-state index in [1.807, 2.05) is 20.0 Å². The maximum atomic E-state index is 12.6. The third-order valence-electron chi connectivity index (χ3n) is 4.52. The van der Waals surface area contributed by atoms with Gasteiger partial charge in [0.1, 0.15) is 0 Å². The van der Waals surface area contributed by atoms with E-state index in [2.05, 4.69) is 27.6 Å². The average molecular weight is 287 g/mol. The van der Waals surface area contributed by atoms with Gasteiger partial charge in [-0.05, 0) is 32.4 Å². The number of aryl methyl sites for hydroxylation is 2. The lowest BCUT2D eigenvalue weighted by Gasteiger charge is -2.25. The van der Waals surface area contributed by atoms with Crippen LogP contribution in [0.5, 0.6) is 0 Å². The van der Waals surface area contributed by atoms with Gasteiger partial charge in [-0.1, -0.05) is 6.92 Å². The zero-order chi connectivity index (χ0) is 15.0. The molecule has 1 aliphatic rings. The summed E-state index contributed by atoms with van der Waals surface area (Å²) in [6.07, 6.45) is 3.43. The quantitative estimate of drug-likeness (QED) is 0.899. The molecule has 21 heavy (non-hydrogen) atoms. The monoisotopic (exact) mass is 287 g/mol. The summed E-state index contributed by atoms with van der Waals surface area (Å²) in [6.45, 7) is 5.67. The largest absolute Gasteiger partial charge is 0.324 e. The number of hydrogen-bond acceptors (Lipinski definition) is 4. The molecule has 2 N–H and O–H groups in total. The van der Waals surface area contributed by atoms with E-state index < -0.39 is 0 Å². The van der Waals surface area contributed by atoms with E-state index in [9.17, 15) is 4.79 Å². The highest BCUT2D eigenvalue weighted by molar-refractivity contribution is 5.97. The lowest BCUT2D eigenvalue weighted by Crippen LogP contribution is -2.37. The summed E-state index contributed by atoms with van der Waals surface area (Å²) >= 11 is 0. The Labute approximate surface area is 123 Å². The lowest BCUT2D eigenvalue weighted by atomic mass is 9.83. The first-order chi connectivity index (χ1) is 10.1. The Hall–Kier alpha value is -1.95. The Morgan fingerprint density at radius 3 is 3.05 bits per heavy atom. The number of carbonyl (C=O) groups excluding carboxylic acids is 1. The summed E-state index contributed by atoms with van der Waals surface area (Å²) in [5.41, 5.74) is 2.20. The van der Waals surface area contributed by atoms with Crippen LogP contribution >= 0.6 is 0 Å². The fraction of sp³-hybridized carbons (Fsp3) is 0.533. The van der Waals surface area contributed by atoms with Crippen LogP contribution in [0.4, 0.5) is 5.69 Å². The molecule has 0 bridgehead atoms. The molecule has 1 fully saturated rings. The average Bonchev–Trinajstić information content (AvgIpc) is 3.06. The standard InChI is InChI=1S/C15H21N5O/c1-4-15(5-6-16-9-15)14(21)18-11-7-12-10(2)19-20(3)13(12)17-8-11/h7-8,16H,4-6,9H2,1-3H3,(H,18,21). The number of rotatable bonds is 3. The van der Waals surface area contributed by atoms with Crippen LogP contribution in [0.2, 0.25) is 0 Å². The van der Waals surface area contributed by atoms with Crippen molar-refractivity contribution >= 4 is 22.6 Å². The van der Waals surface area contributed by atoms with Crippen LogP contribution in [0.15, 0.2) is 12.3 Å². The lowest BCUT2D eigenvalue weighted by molar-refractivity contribution is -0.124. The predicted molar refractivity (Wildman–Crippen MR) is 82.1 cm³/mol. The smallest absolute Gasteiger partial charge is 0.231 e. The van der Waals surface area contributed by atoms with E-state index in [1.165, 1.54) is 0 Å². The van der Waals surface area contributed by atoms with Gasteiger partial charge in [0.05, 0.1) is 23.0 Å². The van der Waals surface area contributed by atoms with Crippen LogP contribution in [0.3, 0.4) is 0 Å². The van der Waals surface area contributed by atoms with Crippen molar-refractivity contribution in [1.82, 2.24) is 20.1 Å². The van der Waals surface area contributed by atoms with Crippen molar-refractivity contribution < 1.29 is 4.79 Å². The van der Waals surface area contributed by atoms with Gasteiger partial charge in [0.15, 0.2) is 5.65 Å². The van der Waals surface area contributed by atoms with Crippen LogP contribution < -0.4 is 10.6 Å². The molecule has 2 aromatic rings. The van der Waals surface area contributed by atoms with Crippen LogP contribution in [0, 0.1) is 12.3 Å². The van der Waals surface area contributed by atoms with Crippen LogP contribution in [0.25, 0.3) is 11.0 Å². The number of hydrogen-bond donors (Lipinski definition) is 2. The molecule has 0 aromatic carbocycles. The number of amides is 1. The first kappa shape index (κ1) is 14.0. The highest BCUT2D eigenvalue weighted by Gasteiger charge is 2.39. The van der Waals surface area contributed by atoms with Crippen molar-refractivity contribution in [2.24, 2.45) is 12.5 Å². The van der Waals surface area contributed by atoms with E-state index >= 15 is 0 Å². The second kappa shape index (κ2) is 5.11. The van der Waals surface area contributed by atoms with Crippen molar-refractivity contribution in [3.8, 4) is 0 Å². The summed E-state index contributed by atoms with van der Waals surface area (Å²) in [7, 11) is 1.87. The van der Waals surface area contributed by atoms with Crippen LogP contribution in [0.1, 0.15) is 25.5 Å². The van der Waals surface area contributed by atoms with Crippen LogP contribution in [-0.2, 0) is 11.8 Å². The third-order valence-corrected chi connectivity index (χ3v) is 4.52. The van der Waals surface area contributed by atoms with E-state index in [0.717, 1.165) is 48.3 Å². The molecule has 6 nitrogen and oxygen atoms in total. The first-order valence-corrected chi connectivity index (χ1v) is 7.37. The Morgan fingerprint density at radius 2 is 2.38 bits per heavy atom. The summed E-state index contributed by atoms with van der Waals surface area (Å²) in [5.74, 6) is 0.0812. The minimum absolute atomic E-state index is 0.0812. The van der Waals surface area contributed by atoms with E-state index in [0.29, 0.717) is 0 Å². The molecule has 3 rings (SSSR count). The molecule has 1 saturated heterocycles. The molecule has 0 saturated carbocycles. The Morgan fingerprint density at radius 1 is 1.57 bits per heavy atom. The van der Waals surface area contributed by atoms with Gasteiger partial charge < -0.3 is 10.6 Å². The Kier molecular flexibility index (Phi) is 3.41. The van der Waals surface area contributed by atoms with Crippen molar-refractivity contribution in [3.63, 3.8) is 0 Å². The molecular weight excluding hydrogens is 266 g/mol. The van der Waals surface area contributed by atoms with E-state index in [4.69, 9.17) is 0 Å². The molecule has 3 heterocycles. The highest BCUT2D eigenvalue weighted by atomic mass is 16.2. The van der Waals surface area contributed by atoms with Gasteiger partial charge in [0.2, 0.25) is 5.91 Å². The molecule has 112 valence electrons. The van der Waals surface area contributed by atoms with Gasteiger partial charge >= 0.3 is 0 Å². The summed E-state index contributed by atoms with van der Waals surface area (Å²) in [5, 5.41) is 11.6. The van der Waals surface area contributed by atoms with Gasteiger partial charge in [-0.2, -0.15) is 5.10 Å². The third kappa shape index (κ3) is 2.29. The van der Waals surface area contributed by atoms with Crippen LogP contribution in [-0.4, -0.2) is 33.8 Å². The zero-order valence-electron chi connectivity index (χ0n) is 12.7. The van der Waals surface area contributed by atoms with Gasteiger partial charge in [-0.3, -0.25) is 9.48 Å². The van der Waals surface area contributed by atoms with Gasteiger partial charge in [0, 0.05) is 19.0 Å². The number of nitrogens with zero attached hydrogens (tertiary/aromatic N) is 3. The number of fused-ring (bicyclic) bond motifs is 1. The number of aromatic nitrogens is 3. The first-order valence-electron chi connectivity index (χ1n) is 7.37. The SMILES string of the molecule is CCC1(C(=O)Nc2cnc3c(c2)c(C)nn3C)CCNC1. The maximum absolute atomic E-state index is 12.6. The van der Waals surface area contributed by atoms with E-state index in [1.54, 1.807) is 10.9 Å². The van der Waals surface area contributed by atoms with Gasteiger partial charge in [0.25, 0.3) is 0 Å². The fourth-order valence-electron chi connectivity index (χ4n) is 3.04. The van der Waals surface area contributed by atoms with Crippen molar-refractivity contribution in [3.05, 3.63) is 18.0 Å². The topological polar surface area (TPSA) is 71.8 Å². The Bertz CT molecular complexity index is 685. The Balaban J connectivity index is 1.88. The molecule has 0 aliphatic carbocycles. The predicted octanol–water partition coefficient (Wildman–Crippen LogP) is 1.60. The molecule has 1 unspecified atom stereocenters. The minimum atomic E-state index is -0.293. The van der Waals surface area contributed by atoms with Crippen molar-refractivity contribution in [2.75, 3.05) is 18.4 Å². The highest BCUT2D eigenvalue weighted by Crippen LogP contribution is 2.31. The molecule has 0 radical (unpaired) electrons. The summed E-state index contributed by atoms with van der Waals surface area (Å²) < 4.78 is 1.75. The summed E-state index contributed by atoms with van der Waals surface area (Å²) in [4.78, 5) is 17.0. The normalized spacial score (nSPS) is 21.9. The van der Waals surface area contributed by atoms with Crippen molar-refractivity contribution in [2.45, 2.75) is 26.7 Å². The summed E-state index contributed by atoms with van der Waals surface area (Å²) in [6, 6.07) is 1.95. The molecular formula is C15H21N5O. The molecule has 6 heteroatoms. The molecule has 2 aromatic heterocycles. The zero-order valence-corrected chi connectivity index (χ0v) is 12.7. The second-order valence-electron chi connectivity index (χ2n) is 5.82. The molecule has 1 aliphatic heterocycles. The van der Waals surface area contributed by atoms with E-state index in [-0.39, 0.29) is 11.3 Å². The molecule has 1 atom stereocenters. The second-order valence-corrected chi connectivity index (χ2v) is 5.82. The van der Waals surface area contributed by atoms with Gasteiger partial charge in [-0.25, -0.2) is 4.98 Å². The number of pyridine rings is 1. The maximum Gasteiger partial charge on any atom is 0.231 e.